The third kappa shape index (κ3) is 7.55. The van der Waals surface area contributed by atoms with Crippen molar-refractivity contribution in [1.82, 2.24) is 4.90 Å². The average Bonchev–Trinajstić information content (AvgIpc) is 3.17. The van der Waals surface area contributed by atoms with Gasteiger partial charge in [0.1, 0.15) is 18.2 Å². The molecule has 6 N–H and O–H groups in total. The van der Waals surface area contributed by atoms with E-state index in [0.29, 0.717) is 25.1 Å². The van der Waals surface area contributed by atoms with Crippen molar-refractivity contribution in [2.24, 2.45) is 17.6 Å². The summed E-state index contributed by atoms with van der Waals surface area (Å²) in [5.41, 5.74) is 8.27. The standard InChI is InChI=1S/C29H37N3O4.H2O/c30-28(31)23-10-8-21(9-11-23)22-12-14-26(15-13-22)36-19-25-17-24(18-27(33)34)29(35)32(25)16-4-7-20-5-2-1-3-6-20;/h8-15,20,24-25H,1-7,16-19H2,(H3,30,31)(H,33,34);1H2/t24-,25-;/m0./s1. The Morgan fingerprint density at radius 3 is 2.24 bits per heavy atom. The van der Waals surface area contributed by atoms with E-state index in [1.165, 1.54) is 32.1 Å². The zero-order chi connectivity index (χ0) is 25.5. The molecule has 1 aliphatic heterocycles. The van der Waals surface area contributed by atoms with Gasteiger partial charge in [-0.15, -0.1) is 0 Å². The molecule has 1 aliphatic carbocycles. The molecule has 1 saturated carbocycles. The van der Waals surface area contributed by atoms with E-state index in [9.17, 15) is 14.7 Å². The fourth-order valence-electron chi connectivity index (χ4n) is 5.61. The number of carbonyl (C=O) groups is 2. The minimum atomic E-state index is -0.927. The molecule has 37 heavy (non-hydrogen) atoms. The molecule has 2 aromatic rings. The van der Waals surface area contributed by atoms with E-state index in [1.54, 1.807) is 0 Å². The number of nitrogen functional groups attached to an aromatic ring is 1. The lowest BCUT2D eigenvalue weighted by Gasteiger charge is -2.27. The molecule has 0 aromatic heterocycles. The summed E-state index contributed by atoms with van der Waals surface area (Å²) in [6, 6.07) is 15.2. The van der Waals surface area contributed by atoms with Crippen LogP contribution in [0.5, 0.6) is 5.75 Å². The number of nitrogens with two attached hydrogens (primary N) is 1. The van der Waals surface area contributed by atoms with E-state index in [-0.39, 0.29) is 29.7 Å². The molecule has 0 spiro atoms. The van der Waals surface area contributed by atoms with Crippen molar-refractivity contribution in [3.05, 3.63) is 54.1 Å². The van der Waals surface area contributed by atoms with Crippen molar-refractivity contribution in [2.45, 2.75) is 63.8 Å². The summed E-state index contributed by atoms with van der Waals surface area (Å²) in [6.45, 7) is 1.03. The summed E-state index contributed by atoms with van der Waals surface area (Å²) in [4.78, 5) is 26.2. The fourth-order valence-corrected chi connectivity index (χ4v) is 5.61. The summed E-state index contributed by atoms with van der Waals surface area (Å²) in [5, 5.41) is 16.8. The van der Waals surface area contributed by atoms with Crippen LogP contribution in [0.4, 0.5) is 0 Å². The van der Waals surface area contributed by atoms with E-state index in [4.69, 9.17) is 15.9 Å². The second-order valence-corrected chi connectivity index (χ2v) is 10.2. The highest BCUT2D eigenvalue weighted by atomic mass is 16.5. The van der Waals surface area contributed by atoms with E-state index >= 15 is 0 Å². The van der Waals surface area contributed by atoms with Crippen LogP contribution in [0.1, 0.15) is 63.4 Å². The van der Waals surface area contributed by atoms with E-state index in [1.807, 2.05) is 53.4 Å². The van der Waals surface area contributed by atoms with Crippen molar-refractivity contribution < 1.29 is 24.9 Å². The lowest BCUT2D eigenvalue weighted by molar-refractivity contribution is -0.142. The van der Waals surface area contributed by atoms with Gasteiger partial charge in [0.25, 0.3) is 0 Å². The zero-order valence-corrected chi connectivity index (χ0v) is 21.3. The molecule has 1 amide bonds. The average molecular weight is 510 g/mol. The normalized spacial score (nSPS) is 19.9. The molecule has 8 heteroatoms. The lowest BCUT2D eigenvalue weighted by Crippen LogP contribution is -2.38. The summed E-state index contributed by atoms with van der Waals surface area (Å²) < 4.78 is 6.07. The van der Waals surface area contributed by atoms with Gasteiger partial charge in [0.2, 0.25) is 5.91 Å². The van der Waals surface area contributed by atoms with Gasteiger partial charge < -0.3 is 26.0 Å². The smallest absolute Gasteiger partial charge is 0.304 e. The van der Waals surface area contributed by atoms with Crippen LogP contribution in [0.15, 0.2) is 48.5 Å². The summed E-state index contributed by atoms with van der Waals surface area (Å²) in [5.74, 6) is 0.0898. The highest BCUT2D eigenvalue weighted by Crippen LogP contribution is 2.31. The first-order chi connectivity index (χ1) is 17.4. The van der Waals surface area contributed by atoms with Crippen LogP contribution >= 0.6 is 0 Å². The van der Waals surface area contributed by atoms with E-state index < -0.39 is 11.9 Å². The Morgan fingerprint density at radius 2 is 1.65 bits per heavy atom. The zero-order valence-electron chi connectivity index (χ0n) is 21.3. The molecule has 200 valence electrons. The first kappa shape index (κ1) is 28.2. The van der Waals surface area contributed by atoms with Gasteiger partial charge in [0, 0.05) is 12.1 Å². The molecule has 1 saturated heterocycles. The maximum absolute atomic E-state index is 13.0. The highest BCUT2D eigenvalue weighted by Gasteiger charge is 2.40. The predicted octanol–water partition coefficient (Wildman–Crippen LogP) is 4.24. The monoisotopic (exact) mass is 509 g/mol. The van der Waals surface area contributed by atoms with Crippen LogP contribution in [0.2, 0.25) is 0 Å². The number of nitrogens with zero attached hydrogens (tertiary/aromatic N) is 1. The Bertz CT molecular complexity index is 1050. The van der Waals surface area contributed by atoms with Gasteiger partial charge in [-0.25, -0.2) is 0 Å². The van der Waals surface area contributed by atoms with Crippen LogP contribution in [0, 0.1) is 17.2 Å². The molecule has 2 aromatic carbocycles. The number of amidine groups is 1. The Balaban J connectivity index is 0.00000380. The van der Waals surface area contributed by atoms with E-state index in [0.717, 1.165) is 35.6 Å². The number of benzene rings is 2. The first-order valence-corrected chi connectivity index (χ1v) is 13.1. The number of aliphatic carboxylic acids is 1. The molecule has 2 atom stereocenters. The summed E-state index contributed by atoms with van der Waals surface area (Å²) in [7, 11) is 0. The van der Waals surface area contributed by atoms with Crippen molar-refractivity contribution in [1.29, 1.82) is 5.41 Å². The van der Waals surface area contributed by atoms with Crippen LogP contribution in [-0.4, -0.2) is 52.4 Å². The van der Waals surface area contributed by atoms with Gasteiger partial charge in [-0.1, -0.05) is 68.5 Å². The molecule has 1 heterocycles. The van der Waals surface area contributed by atoms with E-state index in [2.05, 4.69) is 0 Å². The predicted molar refractivity (Wildman–Crippen MR) is 144 cm³/mol. The number of likely N-dealkylation sites (tertiary alicyclic amines) is 1. The van der Waals surface area contributed by atoms with Gasteiger partial charge in [0.15, 0.2) is 0 Å². The van der Waals surface area contributed by atoms with Gasteiger partial charge in [-0.05, 0) is 48.4 Å². The number of rotatable bonds is 11. The number of ether oxygens (including phenoxy) is 1. The fraction of sp³-hybridized carbons (Fsp3) is 0.483. The Morgan fingerprint density at radius 1 is 1.03 bits per heavy atom. The maximum Gasteiger partial charge on any atom is 0.304 e. The van der Waals surface area contributed by atoms with Crippen molar-refractivity contribution in [3.63, 3.8) is 0 Å². The number of carboxylic acids is 1. The molecular formula is C29H39N3O5. The molecule has 8 nitrogen and oxygen atoms in total. The summed E-state index contributed by atoms with van der Waals surface area (Å²) in [6.07, 6.45) is 9.04. The second-order valence-electron chi connectivity index (χ2n) is 10.2. The number of hydrogen-bond donors (Lipinski definition) is 3. The first-order valence-electron chi connectivity index (χ1n) is 13.1. The van der Waals surface area contributed by atoms with Crippen molar-refractivity contribution in [2.75, 3.05) is 13.2 Å². The second kappa shape index (κ2) is 13.2. The minimum absolute atomic E-state index is 0. The van der Waals surface area contributed by atoms with Crippen molar-refractivity contribution >= 4 is 17.7 Å². The van der Waals surface area contributed by atoms with Crippen molar-refractivity contribution in [3.8, 4) is 16.9 Å². The van der Waals surface area contributed by atoms with Crippen LogP contribution in [0.25, 0.3) is 11.1 Å². The Labute approximate surface area is 218 Å². The molecule has 0 radical (unpaired) electrons. The molecular weight excluding hydrogens is 470 g/mol. The quantitative estimate of drug-likeness (QED) is 0.306. The molecule has 0 bridgehead atoms. The maximum atomic E-state index is 13.0. The summed E-state index contributed by atoms with van der Waals surface area (Å²) >= 11 is 0. The topological polar surface area (TPSA) is 148 Å². The molecule has 2 aliphatic rings. The SMILES string of the molecule is N=C(N)c1ccc(-c2ccc(OC[C@@H]3C[C@@H](CC(=O)O)C(=O)N3CCCC3CCCCC3)cc2)cc1.O. The number of carboxylic acid groups (broad SMARTS) is 1. The van der Waals surface area contributed by atoms with Gasteiger partial charge >= 0.3 is 5.97 Å². The number of amides is 1. The third-order valence-electron chi connectivity index (χ3n) is 7.61. The van der Waals surface area contributed by atoms with Gasteiger partial charge in [0.05, 0.1) is 18.4 Å². The van der Waals surface area contributed by atoms with Gasteiger partial charge in [-0.2, -0.15) is 0 Å². The Kier molecular flexibility index (Phi) is 10.1. The van der Waals surface area contributed by atoms with Crippen LogP contribution in [-0.2, 0) is 9.59 Å². The largest absolute Gasteiger partial charge is 0.491 e. The highest BCUT2D eigenvalue weighted by molar-refractivity contribution is 5.95. The molecule has 4 rings (SSSR count). The lowest BCUT2D eigenvalue weighted by atomic mass is 9.86. The molecule has 2 fully saturated rings. The number of carbonyl (C=O) groups excluding carboxylic acids is 1. The van der Waals surface area contributed by atoms with Gasteiger partial charge in [-0.3, -0.25) is 15.0 Å². The minimum Gasteiger partial charge on any atom is -0.491 e. The van der Waals surface area contributed by atoms with Crippen LogP contribution in [0.3, 0.4) is 0 Å². The third-order valence-corrected chi connectivity index (χ3v) is 7.61. The Hall–Kier alpha value is -3.39. The molecule has 0 unspecified atom stereocenters. The van der Waals surface area contributed by atoms with Crippen LogP contribution < -0.4 is 10.5 Å². The number of nitrogens with one attached hydrogen (secondary N) is 1. The number of hydrogen-bond acceptors (Lipinski definition) is 4.